The van der Waals surface area contributed by atoms with Gasteiger partial charge in [-0.2, -0.15) is 0 Å². The topological polar surface area (TPSA) is 104 Å². The van der Waals surface area contributed by atoms with E-state index >= 15 is 0 Å². The van der Waals surface area contributed by atoms with E-state index < -0.39 is 5.97 Å². The van der Waals surface area contributed by atoms with Crippen molar-refractivity contribution in [3.8, 4) is 0 Å². The van der Waals surface area contributed by atoms with Gasteiger partial charge in [0.1, 0.15) is 0 Å². The van der Waals surface area contributed by atoms with E-state index in [9.17, 15) is 14.4 Å². The molecule has 1 aliphatic rings. The number of aromatic nitrogens is 2. The monoisotopic (exact) mass is 420 g/mol. The van der Waals surface area contributed by atoms with Crippen molar-refractivity contribution in [3.05, 3.63) is 64.4 Å². The number of benzene rings is 2. The standard InChI is InChI=1S/C23H24N4O4/c1-2-31-23(30)15-7-5-9-17(13-15)24-21(28)16-8-6-12-27(14-16)20-22(29)26-19-11-4-3-10-18(19)25-20/h3-5,7,9-11,13,16H,2,6,8,12,14H2,1H3,(H,24,28)(H,26,29)/t16-/m0/s1. The third-order valence-corrected chi connectivity index (χ3v) is 5.31. The second-order valence-electron chi connectivity index (χ2n) is 7.48. The Morgan fingerprint density at radius 2 is 2.06 bits per heavy atom. The van der Waals surface area contributed by atoms with Gasteiger partial charge in [-0.15, -0.1) is 0 Å². The fourth-order valence-corrected chi connectivity index (χ4v) is 3.80. The van der Waals surface area contributed by atoms with E-state index in [1.54, 1.807) is 31.2 Å². The molecule has 4 rings (SSSR count). The molecule has 31 heavy (non-hydrogen) atoms. The second kappa shape index (κ2) is 8.99. The number of nitrogens with zero attached hydrogens (tertiary/aromatic N) is 2. The molecule has 2 N–H and O–H groups in total. The summed E-state index contributed by atoms with van der Waals surface area (Å²) in [5.74, 6) is -0.542. The third-order valence-electron chi connectivity index (χ3n) is 5.31. The summed E-state index contributed by atoms with van der Waals surface area (Å²) in [5.41, 5.74) is 2.05. The lowest BCUT2D eigenvalue weighted by molar-refractivity contribution is -0.120. The van der Waals surface area contributed by atoms with Crippen molar-refractivity contribution in [1.82, 2.24) is 9.97 Å². The van der Waals surface area contributed by atoms with Crippen LogP contribution in [0.5, 0.6) is 0 Å². The number of para-hydroxylation sites is 2. The average molecular weight is 420 g/mol. The summed E-state index contributed by atoms with van der Waals surface area (Å²) in [6.07, 6.45) is 1.49. The summed E-state index contributed by atoms with van der Waals surface area (Å²) in [5, 5.41) is 2.89. The minimum absolute atomic E-state index is 0.150. The zero-order chi connectivity index (χ0) is 21.8. The largest absolute Gasteiger partial charge is 0.462 e. The highest BCUT2D eigenvalue weighted by Crippen LogP contribution is 2.22. The molecule has 1 amide bonds. The van der Waals surface area contributed by atoms with Crippen molar-refractivity contribution in [2.24, 2.45) is 5.92 Å². The van der Waals surface area contributed by atoms with Gasteiger partial charge in [-0.05, 0) is 50.1 Å². The Balaban J connectivity index is 1.48. The van der Waals surface area contributed by atoms with Gasteiger partial charge in [0.15, 0.2) is 5.82 Å². The minimum Gasteiger partial charge on any atom is -0.462 e. The van der Waals surface area contributed by atoms with E-state index in [1.807, 2.05) is 29.2 Å². The van der Waals surface area contributed by atoms with Gasteiger partial charge >= 0.3 is 5.97 Å². The fraction of sp³-hybridized carbons (Fsp3) is 0.304. The lowest BCUT2D eigenvalue weighted by Gasteiger charge is -2.32. The van der Waals surface area contributed by atoms with E-state index in [0.717, 1.165) is 6.42 Å². The molecule has 0 aliphatic carbocycles. The molecule has 3 aromatic rings. The van der Waals surface area contributed by atoms with Gasteiger partial charge in [0.2, 0.25) is 5.91 Å². The predicted octanol–water partition coefficient (Wildman–Crippen LogP) is 2.95. The minimum atomic E-state index is -0.427. The number of rotatable bonds is 5. The van der Waals surface area contributed by atoms with Crippen molar-refractivity contribution < 1.29 is 14.3 Å². The molecule has 2 heterocycles. The van der Waals surface area contributed by atoms with Crippen LogP contribution in [0.25, 0.3) is 11.0 Å². The number of ether oxygens (including phenoxy) is 1. The SMILES string of the molecule is CCOC(=O)c1cccc(NC(=O)[C@H]2CCCN(c3nc4ccccc4[nH]c3=O)C2)c1. The summed E-state index contributed by atoms with van der Waals surface area (Å²) in [4.78, 5) is 46.6. The molecule has 1 saturated heterocycles. The summed E-state index contributed by atoms with van der Waals surface area (Å²) >= 11 is 0. The Morgan fingerprint density at radius 1 is 1.23 bits per heavy atom. The first-order valence-corrected chi connectivity index (χ1v) is 10.4. The molecule has 8 heteroatoms. The number of hydrogen-bond donors (Lipinski definition) is 2. The maximum atomic E-state index is 12.9. The Labute approximate surface area is 179 Å². The molecular weight excluding hydrogens is 396 g/mol. The quantitative estimate of drug-likeness (QED) is 0.615. The second-order valence-corrected chi connectivity index (χ2v) is 7.48. The molecule has 0 unspecified atom stereocenters. The molecule has 1 aliphatic heterocycles. The molecule has 1 aromatic heterocycles. The van der Waals surface area contributed by atoms with Gasteiger partial charge < -0.3 is 19.9 Å². The molecule has 1 fully saturated rings. The van der Waals surface area contributed by atoms with Crippen molar-refractivity contribution in [2.75, 3.05) is 29.9 Å². The molecule has 2 aromatic carbocycles. The normalized spacial score (nSPS) is 16.2. The Morgan fingerprint density at radius 3 is 2.90 bits per heavy atom. The first-order valence-electron chi connectivity index (χ1n) is 10.4. The van der Waals surface area contributed by atoms with Crippen LogP contribution in [0.3, 0.4) is 0 Å². The number of anilines is 2. The van der Waals surface area contributed by atoms with Crippen molar-refractivity contribution in [2.45, 2.75) is 19.8 Å². The van der Waals surface area contributed by atoms with E-state index in [1.165, 1.54) is 0 Å². The maximum absolute atomic E-state index is 12.9. The number of carbonyl (C=O) groups is 2. The molecule has 0 bridgehead atoms. The predicted molar refractivity (Wildman–Crippen MR) is 118 cm³/mol. The number of carbonyl (C=O) groups excluding carboxylic acids is 2. The van der Waals surface area contributed by atoms with Crippen LogP contribution in [-0.4, -0.2) is 41.5 Å². The van der Waals surface area contributed by atoms with Crippen LogP contribution < -0.4 is 15.8 Å². The van der Waals surface area contributed by atoms with Gasteiger partial charge in [0.25, 0.3) is 5.56 Å². The number of H-pyrrole nitrogens is 1. The highest BCUT2D eigenvalue weighted by Gasteiger charge is 2.28. The highest BCUT2D eigenvalue weighted by molar-refractivity contribution is 5.95. The van der Waals surface area contributed by atoms with Crippen molar-refractivity contribution in [3.63, 3.8) is 0 Å². The average Bonchev–Trinajstić information content (AvgIpc) is 2.79. The molecule has 160 valence electrons. The number of hydrogen-bond acceptors (Lipinski definition) is 6. The van der Waals surface area contributed by atoms with Gasteiger partial charge in [0, 0.05) is 18.8 Å². The third kappa shape index (κ3) is 4.58. The van der Waals surface area contributed by atoms with Crippen LogP contribution >= 0.6 is 0 Å². The van der Waals surface area contributed by atoms with Crippen LogP contribution in [0.4, 0.5) is 11.5 Å². The Hall–Kier alpha value is -3.68. The summed E-state index contributed by atoms with van der Waals surface area (Å²) in [7, 11) is 0. The summed E-state index contributed by atoms with van der Waals surface area (Å²) in [6, 6.07) is 14.1. The lowest BCUT2D eigenvalue weighted by Crippen LogP contribution is -2.43. The zero-order valence-electron chi connectivity index (χ0n) is 17.3. The number of amides is 1. The van der Waals surface area contributed by atoms with Crippen LogP contribution in [0, 0.1) is 5.92 Å². The molecule has 0 radical (unpaired) electrons. The molecule has 1 atom stereocenters. The number of aromatic amines is 1. The Bertz CT molecular complexity index is 1170. The molecule has 0 saturated carbocycles. The van der Waals surface area contributed by atoms with Crippen molar-refractivity contribution >= 4 is 34.4 Å². The maximum Gasteiger partial charge on any atom is 0.338 e. The Kier molecular flexibility index (Phi) is 5.97. The van der Waals surface area contributed by atoms with E-state index in [-0.39, 0.29) is 24.0 Å². The fourth-order valence-electron chi connectivity index (χ4n) is 3.80. The smallest absolute Gasteiger partial charge is 0.338 e. The van der Waals surface area contributed by atoms with E-state index in [0.29, 0.717) is 47.6 Å². The van der Waals surface area contributed by atoms with Crippen molar-refractivity contribution in [1.29, 1.82) is 0 Å². The number of esters is 1. The van der Waals surface area contributed by atoms with Gasteiger partial charge in [-0.1, -0.05) is 18.2 Å². The van der Waals surface area contributed by atoms with Gasteiger partial charge in [-0.3, -0.25) is 9.59 Å². The zero-order valence-corrected chi connectivity index (χ0v) is 17.3. The summed E-state index contributed by atoms with van der Waals surface area (Å²) in [6.45, 7) is 3.09. The van der Waals surface area contributed by atoms with E-state index in [2.05, 4.69) is 15.3 Å². The molecular formula is C23H24N4O4. The van der Waals surface area contributed by atoms with Gasteiger partial charge in [0.05, 0.1) is 29.1 Å². The highest BCUT2D eigenvalue weighted by atomic mass is 16.5. The van der Waals surface area contributed by atoms with Crippen LogP contribution in [0.15, 0.2) is 53.3 Å². The number of fused-ring (bicyclic) bond motifs is 1. The number of piperidine rings is 1. The first kappa shape index (κ1) is 20.6. The first-order chi connectivity index (χ1) is 15.0. The lowest BCUT2D eigenvalue weighted by atomic mass is 9.97. The van der Waals surface area contributed by atoms with Gasteiger partial charge in [-0.25, -0.2) is 9.78 Å². The van der Waals surface area contributed by atoms with Crippen LogP contribution in [0.2, 0.25) is 0 Å². The number of nitrogens with one attached hydrogen (secondary N) is 2. The van der Waals surface area contributed by atoms with E-state index in [4.69, 9.17) is 4.74 Å². The molecule has 0 spiro atoms. The van der Waals surface area contributed by atoms with Crippen LogP contribution in [-0.2, 0) is 9.53 Å². The van der Waals surface area contributed by atoms with Crippen LogP contribution in [0.1, 0.15) is 30.1 Å². The summed E-state index contributed by atoms with van der Waals surface area (Å²) < 4.78 is 5.01. The molecule has 8 nitrogen and oxygen atoms in total.